The van der Waals surface area contributed by atoms with E-state index in [1.807, 2.05) is 0 Å². The maximum Gasteiger partial charge on any atom is 0.280 e. The van der Waals surface area contributed by atoms with Crippen LogP contribution in [0.25, 0.3) is 5.78 Å². The van der Waals surface area contributed by atoms with Crippen LogP contribution in [0.3, 0.4) is 0 Å². The minimum atomic E-state index is -2.76. The van der Waals surface area contributed by atoms with Crippen LogP contribution < -0.4 is 4.74 Å². The molecule has 1 atom stereocenters. The summed E-state index contributed by atoms with van der Waals surface area (Å²) in [5.74, 6) is -1.26. The van der Waals surface area contributed by atoms with Gasteiger partial charge in [-0.1, -0.05) is 0 Å². The van der Waals surface area contributed by atoms with E-state index < -0.39 is 23.8 Å². The van der Waals surface area contributed by atoms with E-state index in [4.69, 9.17) is 4.74 Å². The number of methoxy groups -OCH3 is 1. The standard InChI is InChI=1S/C19H19F3N6O2/c1-10-16(20)12(6-15(25-10)30-2)18(29)27-5-3-4-11(8-27)14-7-13(17(21)22)26-19-23-9-24-28(14)19/h6-7,9,11,17H,3-5,8H2,1-2H3. The van der Waals surface area contributed by atoms with Crippen LogP contribution >= 0.6 is 0 Å². The molecule has 11 heteroatoms. The molecule has 1 aliphatic heterocycles. The lowest BCUT2D eigenvalue weighted by atomic mass is 9.93. The van der Waals surface area contributed by atoms with Gasteiger partial charge in [-0.15, -0.1) is 0 Å². The minimum Gasteiger partial charge on any atom is -0.481 e. The number of rotatable bonds is 4. The molecule has 1 aliphatic rings. The Labute approximate surface area is 169 Å². The third-order valence-corrected chi connectivity index (χ3v) is 5.19. The van der Waals surface area contributed by atoms with E-state index in [0.717, 1.165) is 0 Å². The van der Waals surface area contributed by atoms with Crippen molar-refractivity contribution in [2.75, 3.05) is 20.2 Å². The van der Waals surface area contributed by atoms with Crippen molar-refractivity contribution in [2.24, 2.45) is 0 Å². The summed E-state index contributed by atoms with van der Waals surface area (Å²) in [6, 6.07) is 2.57. The number of hydrogen-bond acceptors (Lipinski definition) is 6. The number of hydrogen-bond donors (Lipinski definition) is 0. The van der Waals surface area contributed by atoms with Crippen molar-refractivity contribution < 1.29 is 22.7 Å². The zero-order chi connectivity index (χ0) is 21.4. The van der Waals surface area contributed by atoms with Gasteiger partial charge in [-0.2, -0.15) is 10.1 Å². The van der Waals surface area contributed by atoms with E-state index in [1.165, 1.54) is 41.9 Å². The van der Waals surface area contributed by atoms with Crippen LogP contribution in [0.2, 0.25) is 0 Å². The number of likely N-dealkylation sites (tertiary alicyclic amines) is 1. The van der Waals surface area contributed by atoms with Crippen molar-refractivity contribution in [2.45, 2.75) is 32.1 Å². The molecule has 158 valence electrons. The number of aromatic nitrogens is 5. The zero-order valence-corrected chi connectivity index (χ0v) is 16.3. The lowest BCUT2D eigenvalue weighted by Crippen LogP contribution is -2.40. The van der Waals surface area contributed by atoms with Crippen LogP contribution in [-0.4, -0.2) is 55.6 Å². The lowest BCUT2D eigenvalue weighted by molar-refractivity contribution is 0.0699. The maximum absolute atomic E-state index is 14.6. The van der Waals surface area contributed by atoms with E-state index in [9.17, 15) is 18.0 Å². The number of fused-ring (bicyclic) bond motifs is 1. The van der Waals surface area contributed by atoms with Gasteiger partial charge < -0.3 is 9.64 Å². The second kappa shape index (κ2) is 7.88. The predicted octanol–water partition coefficient (Wildman–Crippen LogP) is 2.93. The van der Waals surface area contributed by atoms with Gasteiger partial charge >= 0.3 is 0 Å². The van der Waals surface area contributed by atoms with Gasteiger partial charge in [-0.05, 0) is 25.8 Å². The summed E-state index contributed by atoms with van der Waals surface area (Å²) in [6.07, 6.45) is -0.226. The first-order chi connectivity index (χ1) is 14.4. The van der Waals surface area contributed by atoms with Crippen molar-refractivity contribution in [3.05, 3.63) is 46.9 Å². The van der Waals surface area contributed by atoms with Gasteiger partial charge in [0.1, 0.15) is 12.0 Å². The molecule has 3 aromatic heterocycles. The van der Waals surface area contributed by atoms with Gasteiger partial charge in [0.25, 0.3) is 18.1 Å². The number of amides is 1. The highest BCUT2D eigenvalue weighted by molar-refractivity contribution is 5.95. The topological polar surface area (TPSA) is 85.5 Å². The summed E-state index contributed by atoms with van der Waals surface area (Å²) in [4.78, 5) is 26.2. The summed E-state index contributed by atoms with van der Waals surface area (Å²) >= 11 is 0. The Balaban J connectivity index is 1.66. The molecule has 0 aliphatic carbocycles. The van der Waals surface area contributed by atoms with Gasteiger partial charge in [0.15, 0.2) is 5.82 Å². The van der Waals surface area contributed by atoms with E-state index >= 15 is 0 Å². The van der Waals surface area contributed by atoms with Crippen molar-refractivity contribution in [1.82, 2.24) is 29.5 Å². The first kappa shape index (κ1) is 20.0. The molecule has 0 N–H and O–H groups in total. The molecular formula is C19H19F3N6O2. The van der Waals surface area contributed by atoms with Gasteiger partial charge in [0.05, 0.1) is 24.1 Å². The van der Waals surface area contributed by atoms with Crippen LogP contribution in [0.4, 0.5) is 13.2 Å². The Morgan fingerprint density at radius 2 is 2.10 bits per heavy atom. The van der Waals surface area contributed by atoms with Crippen molar-refractivity contribution >= 4 is 11.7 Å². The van der Waals surface area contributed by atoms with Crippen molar-refractivity contribution in [1.29, 1.82) is 0 Å². The Morgan fingerprint density at radius 1 is 1.30 bits per heavy atom. The fourth-order valence-corrected chi connectivity index (χ4v) is 3.72. The zero-order valence-electron chi connectivity index (χ0n) is 16.3. The average molecular weight is 420 g/mol. The molecule has 0 aromatic carbocycles. The number of alkyl halides is 2. The molecule has 1 saturated heterocycles. The predicted molar refractivity (Wildman–Crippen MR) is 99.1 cm³/mol. The smallest absolute Gasteiger partial charge is 0.280 e. The molecule has 0 saturated carbocycles. The fraction of sp³-hybridized carbons (Fsp3) is 0.421. The van der Waals surface area contributed by atoms with E-state index in [2.05, 4.69) is 20.1 Å². The summed E-state index contributed by atoms with van der Waals surface area (Å²) in [7, 11) is 1.39. The largest absolute Gasteiger partial charge is 0.481 e. The third kappa shape index (κ3) is 3.55. The van der Waals surface area contributed by atoms with E-state index in [0.29, 0.717) is 25.1 Å². The SMILES string of the molecule is COc1cc(C(=O)N2CCCC(c3cc(C(F)F)nc4ncnn34)C2)c(F)c(C)n1. The molecule has 1 fully saturated rings. The number of aryl methyl sites for hydroxylation is 1. The van der Waals surface area contributed by atoms with Crippen LogP contribution in [0, 0.1) is 12.7 Å². The minimum absolute atomic E-state index is 0.0614. The third-order valence-electron chi connectivity index (χ3n) is 5.19. The van der Waals surface area contributed by atoms with Gasteiger partial charge in [0.2, 0.25) is 5.88 Å². The number of piperidine rings is 1. The molecule has 0 bridgehead atoms. The molecule has 0 spiro atoms. The lowest BCUT2D eigenvalue weighted by Gasteiger charge is -2.33. The summed E-state index contributed by atoms with van der Waals surface area (Å²) in [5.41, 5.74) is 0.0314. The molecule has 4 rings (SSSR count). The molecule has 4 heterocycles. The normalized spacial score (nSPS) is 17.0. The van der Waals surface area contributed by atoms with Crippen LogP contribution in [0.15, 0.2) is 18.5 Å². The molecule has 8 nitrogen and oxygen atoms in total. The van der Waals surface area contributed by atoms with Gasteiger partial charge in [-0.3, -0.25) is 4.79 Å². The molecule has 1 amide bonds. The van der Waals surface area contributed by atoms with Crippen molar-refractivity contribution in [3.8, 4) is 5.88 Å². The van der Waals surface area contributed by atoms with Gasteiger partial charge in [0, 0.05) is 25.1 Å². The summed E-state index contributed by atoms with van der Waals surface area (Å²) in [5, 5.41) is 4.08. The Hall–Kier alpha value is -3.24. The Morgan fingerprint density at radius 3 is 2.83 bits per heavy atom. The van der Waals surface area contributed by atoms with Crippen LogP contribution in [0.5, 0.6) is 5.88 Å². The van der Waals surface area contributed by atoms with E-state index in [-0.39, 0.29) is 35.4 Å². The Bertz CT molecular complexity index is 1100. The second-order valence-electron chi connectivity index (χ2n) is 7.08. The first-order valence-corrected chi connectivity index (χ1v) is 9.38. The maximum atomic E-state index is 14.6. The Kier molecular flexibility index (Phi) is 5.27. The van der Waals surface area contributed by atoms with Crippen LogP contribution in [-0.2, 0) is 0 Å². The molecule has 3 aromatic rings. The highest BCUT2D eigenvalue weighted by Crippen LogP contribution is 2.30. The quantitative estimate of drug-likeness (QED) is 0.645. The number of ether oxygens (including phenoxy) is 1. The molecule has 1 unspecified atom stereocenters. The number of carbonyl (C=O) groups is 1. The summed E-state index contributed by atoms with van der Waals surface area (Å²) in [6.45, 7) is 2.10. The number of halogens is 3. The van der Waals surface area contributed by atoms with E-state index in [1.54, 1.807) is 0 Å². The highest BCUT2D eigenvalue weighted by Gasteiger charge is 2.30. The number of carbonyl (C=O) groups excluding carboxylic acids is 1. The summed E-state index contributed by atoms with van der Waals surface area (Å²) < 4.78 is 47.6. The molecule has 30 heavy (non-hydrogen) atoms. The van der Waals surface area contributed by atoms with Crippen molar-refractivity contribution in [3.63, 3.8) is 0 Å². The second-order valence-corrected chi connectivity index (χ2v) is 7.08. The fourth-order valence-electron chi connectivity index (χ4n) is 3.72. The van der Waals surface area contributed by atoms with Gasteiger partial charge in [-0.25, -0.2) is 27.7 Å². The number of nitrogens with zero attached hydrogens (tertiary/aromatic N) is 6. The first-order valence-electron chi connectivity index (χ1n) is 9.38. The molecular weight excluding hydrogens is 401 g/mol. The highest BCUT2D eigenvalue weighted by atomic mass is 19.3. The van der Waals surface area contributed by atoms with Crippen LogP contribution in [0.1, 0.15) is 52.6 Å². The number of pyridine rings is 1. The average Bonchev–Trinajstić information content (AvgIpc) is 3.23. The monoisotopic (exact) mass is 420 g/mol. The molecule has 0 radical (unpaired) electrons.